The number of aromatic nitrogens is 2. The molecule has 1 heterocycles. The monoisotopic (exact) mass is 323 g/mol. The van der Waals surface area contributed by atoms with Gasteiger partial charge in [-0.3, -0.25) is 9.48 Å². The summed E-state index contributed by atoms with van der Waals surface area (Å²) < 4.78 is 38.4. The minimum Gasteiger partial charge on any atom is -0.344 e. The quantitative estimate of drug-likeness (QED) is 0.942. The van der Waals surface area contributed by atoms with Crippen LogP contribution in [0.3, 0.4) is 0 Å². The Balaban J connectivity index is 1.77. The predicted molar refractivity (Wildman–Crippen MR) is 77.9 cm³/mol. The van der Waals surface area contributed by atoms with Crippen molar-refractivity contribution in [1.82, 2.24) is 15.1 Å². The van der Waals surface area contributed by atoms with E-state index in [0.29, 0.717) is 24.1 Å². The molecule has 0 spiro atoms. The van der Waals surface area contributed by atoms with Gasteiger partial charge in [-0.1, -0.05) is 18.2 Å². The Morgan fingerprint density at radius 3 is 2.74 bits per heavy atom. The first-order valence-electron chi connectivity index (χ1n) is 7.41. The number of alkyl halides is 3. The molecule has 1 amide bonds. The highest BCUT2D eigenvalue weighted by Gasteiger charge is 2.31. The molecule has 1 N–H and O–H groups in total. The molecule has 0 saturated carbocycles. The normalized spacial score (nSPS) is 17.6. The molecule has 1 aromatic carbocycles. The Hall–Kier alpha value is -2.31. The highest BCUT2D eigenvalue weighted by Crippen LogP contribution is 2.29. The second-order valence-corrected chi connectivity index (χ2v) is 5.64. The van der Waals surface area contributed by atoms with Gasteiger partial charge in [0, 0.05) is 11.8 Å². The van der Waals surface area contributed by atoms with Crippen LogP contribution in [0.1, 0.15) is 40.5 Å². The predicted octanol–water partition coefficient (Wildman–Crippen LogP) is 3.25. The zero-order valence-electron chi connectivity index (χ0n) is 12.3. The molecule has 1 unspecified atom stereocenters. The Bertz CT molecular complexity index is 694. The number of carbonyl (C=O) groups excluding carboxylic acids is 1. The summed E-state index contributed by atoms with van der Waals surface area (Å²) in [5, 5.41) is 6.92. The average molecular weight is 323 g/mol. The molecule has 0 fully saturated rings. The van der Waals surface area contributed by atoms with Gasteiger partial charge in [0.25, 0.3) is 5.91 Å². The Morgan fingerprint density at radius 1 is 1.30 bits per heavy atom. The molecular formula is C16H16F3N3O. The van der Waals surface area contributed by atoms with E-state index in [1.807, 2.05) is 6.07 Å². The van der Waals surface area contributed by atoms with E-state index < -0.39 is 12.7 Å². The minimum absolute atomic E-state index is 0.242. The summed E-state index contributed by atoms with van der Waals surface area (Å²) in [5.41, 5.74) is 1.85. The van der Waals surface area contributed by atoms with Gasteiger partial charge in [-0.05, 0) is 37.0 Å². The lowest BCUT2D eigenvalue weighted by molar-refractivity contribution is -0.142. The van der Waals surface area contributed by atoms with Gasteiger partial charge in [-0.25, -0.2) is 0 Å². The van der Waals surface area contributed by atoms with Crippen LogP contribution in [-0.4, -0.2) is 21.9 Å². The van der Waals surface area contributed by atoms with Crippen LogP contribution in [0.4, 0.5) is 13.2 Å². The van der Waals surface area contributed by atoms with E-state index in [1.54, 1.807) is 24.3 Å². The Labute approximate surface area is 131 Å². The summed E-state index contributed by atoms with van der Waals surface area (Å²) in [6, 6.07) is 8.39. The zero-order chi connectivity index (χ0) is 16.4. The zero-order valence-corrected chi connectivity index (χ0v) is 12.3. The summed E-state index contributed by atoms with van der Waals surface area (Å²) in [5.74, 6) is -0.242. The SMILES string of the molecule is O=C(NC1CCCc2cn(CC(F)(F)F)nc21)c1ccccc1. The molecular weight excluding hydrogens is 307 g/mol. The third-order valence-electron chi connectivity index (χ3n) is 3.82. The molecule has 4 nitrogen and oxygen atoms in total. The molecule has 0 bridgehead atoms. The van der Waals surface area contributed by atoms with Crippen molar-refractivity contribution in [3.63, 3.8) is 0 Å². The van der Waals surface area contributed by atoms with Crippen LogP contribution in [0.2, 0.25) is 0 Å². The van der Waals surface area contributed by atoms with E-state index in [4.69, 9.17) is 0 Å². The second kappa shape index (κ2) is 6.06. The number of nitrogens with zero attached hydrogens (tertiary/aromatic N) is 2. The molecule has 2 aromatic rings. The molecule has 3 rings (SSSR count). The highest BCUT2D eigenvalue weighted by molar-refractivity contribution is 5.94. The van der Waals surface area contributed by atoms with Gasteiger partial charge in [0.15, 0.2) is 0 Å². The average Bonchev–Trinajstić information content (AvgIpc) is 2.89. The van der Waals surface area contributed by atoms with Crippen molar-refractivity contribution in [2.24, 2.45) is 0 Å². The number of halogens is 3. The maximum absolute atomic E-state index is 12.5. The van der Waals surface area contributed by atoms with Gasteiger partial charge in [-0.15, -0.1) is 0 Å². The smallest absolute Gasteiger partial charge is 0.344 e. The first-order valence-corrected chi connectivity index (χ1v) is 7.41. The maximum Gasteiger partial charge on any atom is 0.408 e. The summed E-state index contributed by atoms with van der Waals surface area (Å²) in [6.45, 7) is -1.11. The fourth-order valence-corrected chi connectivity index (χ4v) is 2.83. The van der Waals surface area contributed by atoms with E-state index >= 15 is 0 Å². The van der Waals surface area contributed by atoms with Crippen LogP contribution in [0.25, 0.3) is 0 Å². The van der Waals surface area contributed by atoms with Gasteiger partial charge in [0.2, 0.25) is 0 Å². The lowest BCUT2D eigenvalue weighted by Crippen LogP contribution is -2.31. The molecule has 0 radical (unpaired) electrons. The van der Waals surface area contributed by atoms with E-state index in [9.17, 15) is 18.0 Å². The molecule has 1 atom stereocenters. The first kappa shape index (κ1) is 15.6. The third-order valence-corrected chi connectivity index (χ3v) is 3.82. The van der Waals surface area contributed by atoms with E-state index in [-0.39, 0.29) is 11.9 Å². The molecule has 122 valence electrons. The molecule has 1 aromatic heterocycles. The Morgan fingerprint density at radius 2 is 2.04 bits per heavy atom. The van der Waals surface area contributed by atoms with Crippen molar-refractivity contribution in [3.05, 3.63) is 53.3 Å². The van der Waals surface area contributed by atoms with Crippen molar-refractivity contribution in [2.45, 2.75) is 38.0 Å². The number of hydrogen-bond donors (Lipinski definition) is 1. The summed E-state index contributed by atoms with van der Waals surface area (Å²) in [4.78, 5) is 12.2. The van der Waals surface area contributed by atoms with Crippen LogP contribution in [0.15, 0.2) is 36.5 Å². The van der Waals surface area contributed by atoms with Gasteiger partial charge in [0.1, 0.15) is 6.54 Å². The minimum atomic E-state index is -4.31. The van der Waals surface area contributed by atoms with Crippen molar-refractivity contribution in [1.29, 1.82) is 0 Å². The number of nitrogens with one attached hydrogen (secondary N) is 1. The molecule has 1 aliphatic carbocycles. The fraction of sp³-hybridized carbons (Fsp3) is 0.375. The van der Waals surface area contributed by atoms with Crippen LogP contribution in [-0.2, 0) is 13.0 Å². The third kappa shape index (κ3) is 3.72. The van der Waals surface area contributed by atoms with Crippen molar-refractivity contribution < 1.29 is 18.0 Å². The first-order chi connectivity index (χ1) is 10.9. The van der Waals surface area contributed by atoms with Crippen molar-refractivity contribution in [2.75, 3.05) is 0 Å². The van der Waals surface area contributed by atoms with E-state index in [2.05, 4.69) is 10.4 Å². The number of carbonyl (C=O) groups is 1. The number of benzene rings is 1. The largest absolute Gasteiger partial charge is 0.408 e. The van der Waals surface area contributed by atoms with E-state index in [1.165, 1.54) is 6.20 Å². The number of rotatable bonds is 3. The van der Waals surface area contributed by atoms with Gasteiger partial charge in [0.05, 0.1) is 11.7 Å². The molecule has 7 heteroatoms. The number of amides is 1. The van der Waals surface area contributed by atoms with Gasteiger partial charge >= 0.3 is 6.18 Å². The molecule has 1 aliphatic rings. The van der Waals surface area contributed by atoms with Gasteiger partial charge < -0.3 is 5.32 Å². The standard InChI is InChI=1S/C16H16F3N3O/c17-16(18,19)10-22-9-12-7-4-8-13(14(12)21-22)20-15(23)11-5-2-1-3-6-11/h1-3,5-6,9,13H,4,7-8,10H2,(H,20,23). The number of fused-ring (bicyclic) bond motifs is 1. The summed E-state index contributed by atoms with van der Waals surface area (Å²) in [7, 11) is 0. The van der Waals surface area contributed by atoms with Crippen LogP contribution in [0.5, 0.6) is 0 Å². The van der Waals surface area contributed by atoms with Crippen LogP contribution >= 0.6 is 0 Å². The maximum atomic E-state index is 12.5. The van der Waals surface area contributed by atoms with Crippen molar-refractivity contribution in [3.8, 4) is 0 Å². The lowest BCUT2D eigenvalue weighted by atomic mass is 9.93. The van der Waals surface area contributed by atoms with Crippen molar-refractivity contribution >= 4 is 5.91 Å². The van der Waals surface area contributed by atoms with Gasteiger partial charge in [-0.2, -0.15) is 18.3 Å². The Kier molecular flexibility index (Phi) is 4.11. The lowest BCUT2D eigenvalue weighted by Gasteiger charge is -2.22. The highest BCUT2D eigenvalue weighted by atomic mass is 19.4. The summed E-state index contributed by atoms with van der Waals surface area (Å²) in [6.07, 6.45) is -0.703. The van der Waals surface area contributed by atoms with Crippen LogP contribution in [0, 0.1) is 0 Å². The fourth-order valence-electron chi connectivity index (χ4n) is 2.83. The summed E-state index contributed by atoms with van der Waals surface area (Å²) >= 11 is 0. The number of hydrogen-bond acceptors (Lipinski definition) is 2. The molecule has 0 saturated heterocycles. The van der Waals surface area contributed by atoms with Crippen LogP contribution < -0.4 is 5.32 Å². The molecule has 23 heavy (non-hydrogen) atoms. The topological polar surface area (TPSA) is 46.9 Å². The molecule has 0 aliphatic heterocycles. The van der Waals surface area contributed by atoms with E-state index in [0.717, 1.165) is 16.7 Å². The second-order valence-electron chi connectivity index (χ2n) is 5.64. The number of aryl methyl sites for hydroxylation is 1.